The summed E-state index contributed by atoms with van der Waals surface area (Å²) in [6.07, 6.45) is 2.07. The van der Waals surface area contributed by atoms with Gasteiger partial charge in [0.1, 0.15) is 0 Å². The molecule has 0 radical (unpaired) electrons. The molecule has 1 rings (SSSR count). The fraction of sp³-hybridized carbons (Fsp3) is 0.786. The van der Waals surface area contributed by atoms with Crippen molar-refractivity contribution in [3.63, 3.8) is 0 Å². The first-order chi connectivity index (χ1) is 8.70. The topological polar surface area (TPSA) is 52.6 Å². The van der Waals surface area contributed by atoms with Gasteiger partial charge >= 0.3 is 7.60 Å². The van der Waals surface area contributed by atoms with Crippen molar-refractivity contribution in [2.24, 2.45) is 17.3 Å². The molecule has 0 saturated heterocycles. The summed E-state index contributed by atoms with van der Waals surface area (Å²) in [4.78, 5) is 12.5. The van der Waals surface area contributed by atoms with Crippen LogP contribution < -0.4 is 0 Å². The SMILES string of the molecule is CCOP(=O)(OCC)C(=O)[C@@H]1[C@H](C=C(C)C)C1(C)C. The predicted molar refractivity (Wildman–Crippen MR) is 76.1 cm³/mol. The lowest BCUT2D eigenvalue weighted by molar-refractivity contribution is -0.115. The van der Waals surface area contributed by atoms with Crippen molar-refractivity contribution in [1.82, 2.24) is 0 Å². The molecule has 0 amide bonds. The standard InChI is InChI=1S/C14H25O4P/c1-7-17-19(16,18-8-2)13(15)12-11(9-10(3)4)14(12,5)6/h9,11-12H,7-8H2,1-6H3/t11-,12-/m0/s1. The van der Waals surface area contributed by atoms with E-state index >= 15 is 0 Å². The van der Waals surface area contributed by atoms with Crippen LogP contribution in [0.3, 0.4) is 0 Å². The van der Waals surface area contributed by atoms with Gasteiger partial charge in [-0.3, -0.25) is 9.36 Å². The molecule has 0 aliphatic heterocycles. The summed E-state index contributed by atoms with van der Waals surface area (Å²) in [7, 11) is -3.63. The Kier molecular flexibility index (Phi) is 5.16. The molecule has 0 N–H and O–H groups in total. The van der Waals surface area contributed by atoms with Gasteiger partial charge in [0.15, 0.2) is 0 Å². The molecule has 110 valence electrons. The van der Waals surface area contributed by atoms with Gasteiger partial charge in [-0.2, -0.15) is 0 Å². The third-order valence-electron chi connectivity index (χ3n) is 3.56. The fourth-order valence-corrected chi connectivity index (χ4v) is 4.34. The van der Waals surface area contributed by atoms with Gasteiger partial charge in [-0.1, -0.05) is 25.5 Å². The number of hydrogen-bond acceptors (Lipinski definition) is 4. The summed E-state index contributed by atoms with van der Waals surface area (Å²) in [6.45, 7) is 11.9. The van der Waals surface area contributed by atoms with Crippen molar-refractivity contribution in [1.29, 1.82) is 0 Å². The minimum Gasteiger partial charge on any atom is -0.303 e. The highest BCUT2D eigenvalue weighted by Gasteiger charge is 2.64. The molecule has 1 fully saturated rings. The lowest BCUT2D eigenvalue weighted by Gasteiger charge is -2.16. The molecule has 0 aromatic rings. The molecule has 0 spiro atoms. The van der Waals surface area contributed by atoms with Gasteiger partial charge in [0.05, 0.1) is 13.2 Å². The Morgan fingerprint density at radius 2 is 1.68 bits per heavy atom. The zero-order chi connectivity index (χ0) is 14.8. The van der Waals surface area contributed by atoms with Crippen molar-refractivity contribution in [3.05, 3.63) is 11.6 Å². The van der Waals surface area contributed by atoms with Crippen LogP contribution in [0.25, 0.3) is 0 Å². The summed E-state index contributed by atoms with van der Waals surface area (Å²) < 4.78 is 22.8. The van der Waals surface area contributed by atoms with Crippen LogP contribution in [-0.2, 0) is 18.4 Å². The lowest BCUT2D eigenvalue weighted by atomic mass is 10.1. The third-order valence-corrected chi connectivity index (χ3v) is 5.57. The zero-order valence-electron chi connectivity index (χ0n) is 12.7. The Morgan fingerprint density at radius 3 is 2.05 bits per heavy atom. The maximum absolute atomic E-state index is 12.5. The number of rotatable bonds is 7. The summed E-state index contributed by atoms with van der Waals surface area (Å²) in [5, 5.41) is 0. The second kappa shape index (κ2) is 5.90. The monoisotopic (exact) mass is 288 g/mol. The average Bonchev–Trinajstić information content (AvgIpc) is 2.79. The average molecular weight is 288 g/mol. The van der Waals surface area contributed by atoms with Crippen LogP contribution in [0.2, 0.25) is 0 Å². The molecule has 19 heavy (non-hydrogen) atoms. The minimum atomic E-state index is -3.63. The number of allylic oxidation sites excluding steroid dienone is 2. The van der Waals surface area contributed by atoms with Gasteiger partial charge < -0.3 is 9.05 Å². The van der Waals surface area contributed by atoms with E-state index in [1.54, 1.807) is 13.8 Å². The molecule has 5 heteroatoms. The number of carbonyl (C=O) groups is 1. The Morgan fingerprint density at radius 1 is 1.21 bits per heavy atom. The molecule has 4 nitrogen and oxygen atoms in total. The summed E-state index contributed by atoms with van der Waals surface area (Å²) in [6, 6.07) is 0. The van der Waals surface area contributed by atoms with Crippen molar-refractivity contribution >= 4 is 13.1 Å². The molecular weight excluding hydrogens is 263 g/mol. The van der Waals surface area contributed by atoms with Crippen LogP contribution in [0.5, 0.6) is 0 Å². The molecule has 1 aliphatic rings. The predicted octanol–water partition coefficient (Wildman–Crippen LogP) is 4.02. The van der Waals surface area contributed by atoms with E-state index in [-0.39, 0.29) is 36.0 Å². The summed E-state index contributed by atoms with van der Waals surface area (Å²) >= 11 is 0. The smallest absolute Gasteiger partial charge is 0.303 e. The van der Waals surface area contributed by atoms with E-state index in [0.29, 0.717) is 0 Å². The Bertz CT molecular complexity index is 411. The van der Waals surface area contributed by atoms with E-state index in [0.717, 1.165) is 5.57 Å². The van der Waals surface area contributed by atoms with Crippen molar-refractivity contribution < 1.29 is 18.4 Å². The molecule has 2 atom stereocenters. The maximum atomic E-state index is 12.5. The summed E-state index contributed by atoms with van der Waals surface area (Å²) in [5.74, 6) is -0.148. The molecule has 1 saturated carbocycles. The second-order valence-electron chi connectivity index (χ2n) is 5.74. The lowest BCUT2D eigenvalue weighted by Crippen LogP contribution is -2.12. The van der Waals surface area contributed by atoms with Gasteiger partial charge in [0.2, 0.25) is 5.52 Å². The van der Waals surface area contributed by atoms with Crippen LogP contribution in [-0.4, -0.2) is 18.7 Å². The Hall–Kier alpha value is -0.440. The molecule has 0 heterocycles. The summed E-state index contributed by atoms with van der Waals surface area (Å²) in [5.41, 5.74) is 0.623. The van der Waals surface area contributed by atoms with E-state index in [2.05, 4.69) is 6.08 Å². The highest BCUT2D eigenvalue weighted by Crippen LogP contribution is 2.66. The van der Waals surface area contributed by atoms with Crippen molar-refractivity contribution in [3.8, 4) is 0 Å². The van der Waals surface area contributed by atoms with Crippen molar-refractivity contribution in [2.45, 2.75) is 41.5 Å². The van der Waals surface area contributed by atoms with Gasteiger partial charge in [0.25, 0.3) is 0 Å². The van der Waals surface area contributed by atoms with Crippen LogP contribution >= 0.6 is 7.60 Å². The van der Waals surface area contributed by atoms with Crippen LogP contribution in [0.4, 0.5) is 0 Å². The van der Waals surface area contributed by atoms with E-state index in [1.807, 2.05) is 27.7 Å². The maximum Gasteiger partial charge on any atom is 0.397 e. The van der Waals surface area contributed by atoms with Gasteiger partial charge in [-0.05, 0) is 39.0 Å². The van der Waals surface area contributed by atoms with Crippen LogP contribution in [0, 0.1) is 17.3 Å². The number of carbonyl (C=O) groups excluding carboxylic acids is 1. The minimum absolute atomic E-state index is 0.124. The first-order valence-electron chi connectivity index (χ1n) is 6.79. The zero-order valence-corrected chi connectivity index (χ0v) is 13.6. The van der Waals surface area contributed by atoms with E-state index in [4.69, 9.17) is 9.05 Å². The molecule has 0 bridgehead atoms. The van der Waals surface area contributed by atoms with Crippen LogP contribution in [0.15, 0.2) is 11.6 Å². The van der Waals surface area contributed by atoms with Gasteiger partial charge in [-0.25, -0.2) is 0 Å². The first-order valence-corrected chi connectivity index (χ1v) is 8.33. The largest absolute Gasteiger partial charge is 0.397 e. The van der Waals surface area contributed by atoms with Gasteiger partial charge in [0, 0.05) is 5.92 Å². The Labute approximate surface area is 116 Å². The molecule has 0 aromatic carbocycles. The highest BCUT2D eigenvalue weighted by molar-refractivity contribution is 7.71. The second-order valence-corrected chi connectivity index (χ2v) is 7.69. The quantitative estimate of drug-likeness (QED) is 0.524. The number of hydrogen-bond donors (Lipinski definition) is 0. The molecule has 1 aliphatic carbocycles. The van der Waals surface area contributed by atoms with E-state index in [9.17, 15) is 9.36 Å². The van der Waals surface area contributed by atoms with Crippen LogP contribution in [0.1, 0.15) is 41.5 Å². The molecule has 0 aromatic heterocycles. The van der Waals surface area contributed by atoms with E-state index in [1.165, 1.54) is 0 Å². The normalized spacial score (nSPS) is 24.9. The molecular formula is C14H25O4P. The van der Waals surface area contributed by atoms with E-state index < -0.39 is 7.60 Å². The van der Waals surface area contributed by atoms with Gasteiger partial charge in [-0.15, -0.1) is 0 Å². The molecule has 0 unspecified atom stereocenters. The highest BCUT2D eigenvalue weighted by atomic mass is 31.2. The first kappa shape index (κ1) is 16.6. The fourth-order valence-electron chi connectivity index (χ4n) is 2.49. The van der Waals surface area contributed by atoms with Crippen molar-refractivity contribution in [2.75, 3.05) is 13.2 Å². The third kappa shape index (κ3) is 3.36. The Balaban J connectivity index is 2.94.